The van der Waals surface area contributed by atoms with Gasteiger partial charge in [-0.2, -0.15) is 0 Å². The molecule has 2 rings (SSSR count). The lowest BCUT2D eigenvalue weighted by Gasteiger charge is -2.16. The van der Waals surface area contributed by atoms with Gasteiger partial charge in [0.25, 0.3) is 0 Å². The minimum absolute atomic E-state index is 0.248. The average Bonchev–Trinajstić information content (AvgIpc) is 2.73. The first kappa shape index (κ1) is 13.5. The van der Waals surface area contributed by atoms with Crippen LogP contribution in [0.2, 0.25) is 0 Å². The third-order valence-electron chi connectivity index (χ3n) is 3.40. The fourth-order valence-corrected chi connectivity index (χ4v) is 3.39. The number of hydrogen-bond acceptors (Lipinski definition) is 3. The number of aryl methyl sites for hydroxylation is 1. The molecule has 0 aliphatic heterocycles. The van der Waals surface area contributed by atoms with E-state index in [2.05, 4.69) is 43.4 Å². The quantitative estimate of drug-likeness (QED) is 0.863. The van der Waals surface area contributed by atoms with Crippen molar-refractivity contribution in [2.75, 3.05) is 6.54 Å². The Bertz CT molecular complexity index is 520. The average molecular weight is 263 g/mol. The van der Waals surface area contributed by atoms with E-state index in [1.165, 1.54) is 20.5 Å². The maximum absolute atomic E-state index is 9.60. The van der Waals surface area contributed by atoms with Crippen LogP contribution in [0.15, 0.2) is 24.3 Å². The van der Waals surface area contributed by atoms with Crippen LogP contribution in [0.1, 0.15) is 36.8 Å². The number of hydrogen-bond donors (Lipinski definition) is 2. The van der Waals surface area contributed by atoms with Gasteiger partial charge >= 0.3 is 0 Å². The van der Waals surface area contributed by atoms with Crippen LogP contribution >= 0.6 is 11.3 Å². The van der Waals surface area contributed by atoms with Crippen molar-refractivity contribution in [3.63, 3.8) is 0 Å². The summed E-state index contributed by atoms with van der Waals surface area (Å²) in [5.74, 6) is 0. The highest BCUT2D eigenvalue weighted by molar-refractivity contribution is 7.19. The number of rotatable bonds is 5. The van der Waals surface area contributed by atoms with Gasteiger partial charge in [-0.1, -0.05) is 25.1 Å². The maximum atomic E-state index is 9.60. The first-order valence-electron chi connectivity index (χ1n) is 6.53. The predicted octanol–water partition coefficient (Wildman–Crippen LogP) is 3.63. The molecule has 1 aromatic carbocycles. The van der Waals surface area contributed by atoms with Gasteiger partial charge < -0.3 is 10.4 Å². The lowest BCUT2D eigenvalue weighted by atomic mass is 10.1. The summed E-state index contributed by atoms with van der Waals surface area (Å²) in [6.45, 7) is 7.01. The first-order valence-corrected chi connectivity index (χ1v) is 7.34. The van der Waals surface area contributed by atoms with Crippen molar-refractivity contribution in [2.45, 2.75) is 39.3 Å². The smallest absolute Gasteiger partial charge is 0.0662 e. The van der Waals surface area contributed by atoms with Crippen LogP contribution in [0, 0.1) is 6.92 Å². The highest BCUT2D eigenvalue weighted by atomic mass is 32.1. The third-order valence-corrected chi connectivity index (χ3v) is 4.86. The van der Waals surface area contributed by atoms with E-state index in [4.69, 9.17) is 0 Å². The summed E-state index contributed by atoms with van der Waals surface area (Å²) in [6.07, 6.45) is 0.549. The second-order valence-corrected chi connectivity index (χ2v) is 5.86. The summed E-state index contributed by atoms with van der Waals surface area (Å²) >= 11 is 1.85. The number of aliphatic hydroxyl groups excluding tert-OH is 1. The van der Waals surface area contributed by atoms with Gasteiger partial charge in [-0.25, -0.2) is 0 Å². The van der Waals surface area contributed by atoms with Gasteiger partial charge in [0.2, 0.25) is 0 Å². The molecule has 2 unspecified atom stereocenters. The highest BCUT2D eigenvalue weighted by Crippen LogP contribution is 2.34. The highest BCUT2D eigenvalue weighted by Gasteiger charge is 2.14. The monoisotopic (exact) mass is 263 g/mol. The summed E-state index contributed by atoms with van der Waals surface area (Å²) in [5.41, 5.74) is 1.36. The summed E-state index contributed by atoms with van der Waals surface area (Å²) in [7, 11) is 0. The molecule has 0 radical (unpaired) electrons. The molecule has 0 aliphatic rings. The Kier molecular flexibility index (Phi) is 4.38. The number of fused-ring (bicyclic) bond motifs is 1. The predicted molar refractivity (Wildman–Crippen MR) is 79.3 cm³/mol. The zero-order valence-corrected chi connectivity index (χ0v) is 12.1. The van der Waals surface area contributed by atoms with Gasteiger partial charge in [0.05, 0.1) is 6.10 Å². The van der Waals surface area contributed by atoms with Crippen molar-refractivity contribution in [3.8, 4) is 0 Å². The fourth-order valence-electron chi connectivity index (χ4n) is 2.16. The maximum Gasteiger partial charge on any atom is 0.0662 e. The molecular formula is C15H21NOS. The van der Waals surface area contributed by atoms with Crippen molar-refractivity contribution in [3.05, 3.63) is 34.7 Å². The van der Waals surface area contributed by atoms with E-state index in [9.17, 15) is 5.11 Å². The molecule has 0 amide bonds. The number of aliphatic hydroxyl groups is 1. The molecule has 0 aliphatic carbocycles. The number of benzene rings is 1. The van der Waals surface area contributed by atoms with E-state index in [0.717, 1.165) is 6.42 Å². The molecule has 2 N–H and O–H groups in total. The van der Waals surface area contributed by atoms with E-state index in [1.54, 1.807) is 0 Å². The summed E-state index contributed by atoms with van der Waals surface area (Å²) in [6, 6.07) is 8.82. The number of nitrogens with one attached hydrogen (secondary N) is 1. The lowest BCUT2D eigenvalue weighted by Crippen LogP contribution is -2.28. The topological polar surface area (TPSA) is 32.3 Å². The van der Waals surface area contributed by atoms with Gasteiger partial charge in [-0.15, -0.1) is 11.3 Å². The van der Waals surface area contributed by atoms with Gasteiger partial charge in [-0.3, -0.25) is 0 Å². The minimum atomic E-state index is -0.248. The Morgan fingerprint density at radius 3 is 2.72 bits per heavy atom. The standard InChI is InChI=1S/C15H21NOS/c1-4-12(17)9-16-11(3)15-10(2)13-7-5-6-8-14(13)18-15/h5-8,11-12,16-17H,4,9H2,1-3H3. The normalized spacial score (nSPS) is 14.9. The Morgan fingerprint density at radius 1 is 1.33 bits per heavy atom. The zero-order valence-electron chi connectivity index (χ0n) is 11.2. The molecule has 2 atom stereocenters. The van der Waals surface area contributed by atoms with Crippen molar-refractivity contribution < 1.29 is 5.11 Å². The molecule has 0 saturated carbocycles. The van der Waals surface area contributed by atoms with Crippen LogP contribution in [0.25, 0.3) is 10.1 Å². The third kappa shape index (κ3) is 2.74. The summed E-state index contributed by atoms with van der Waals surface area (Å²) < 4.78 is 1.34. The van der Waals surface area contributed by atoms with E-state index in [-0.39, 0.29) is 6.10 Å². The Balaban J connectivity index is 2.17. The molecule has 1 aromatic heterocycles. The zero-order chi connectivity index (χ0) is 13.1. The van der Waals surface area contributed by atoms with Crippen LogP contribution in [-0.2, 0) is 0 Å². The van der Waals surface area contributed by atoms with E-state index in [1.807, 2.05) is 18.3 Å². The van der Waals surface area contributed by atoms with Gasteiger partial charge in [0.1, 0.15) is 0 Å². The summed E-state index contributed by atoms with van der Waals surface area (Å²) in [4.78, 5) is 1.37. The second-order valence-electron chi connectivity index (χ2n) is 4.78. The molecule has 3 heteroatoms. The molecular weight excluding hydrogens is 242 g/mol. The van der Waals surface area contributed by atoms with E-state index < -0.39 is 0 Å². The van der Waals surface area contributed by atoms with Crippen LogP contribution in [-0.4, -0.2) is 17.8 Å². The molecule has 98 valence electrons. The Labute approximate surface area is 113 Å². The molecule has 2 aromatic rings. The van der Waals surface area contributed by atoms with E-state index >= 15 is 0 Å². The van der Waals surface area contributed by atoms with Gasteiger partial charge in [0, 0.05) is 22.2 Å². The van der Waals surface area contributed by atoms with Crippen molar-refractivity contribution in [1.82, 2.24) is 5.32 Å². The van der Waals surface area contributed by atoms with Gasteiger partial charge in [-0.05, 0) is 37.3 Å². The molecule has 18 heavy (non-hydrogen) atoms. The van der Waals surface area contributed by atoms with Crippen molar-refractivity contribution >= 4 is 21.4 Å². The SMILES string of the molecule is CCC(O)CNC(C)c1sc2ccccc2c1C. The molecule has 0 saturated heterocycles. The molecule has 1 heterocycles. The Hall–Kier alpha value is -0.900. The summed E-state index contributed by atoms with van der Waals surface area (Å²) in [5, 5.41) is 14.4. The molecule has 2 nitrogen and oxygen atoms in total. The lowest BCUT2D eigenvalue weighted by molar-refractivity contribution is 0.164. The molecule has 0 bridgehead atoms. The van der Waals surface area contributed by atoms with Crippen molar-refractivity contribution in [2.24, 2.45) is 0 Å². The van der Waals surface area contributed by atoms with Gasteiger partial charge in [0.15, 0.2) is 0 Å². The van der Waals surface area contributed by atoms with Crippen LogP contribution in [0.3, 0.4) is 0 Å². The molecule has 0 spiro atoms. The van der Waals surface area contributed by atoms with Crippen LogP contribution < -0.4 is 5.32 Å². The van der Waals surface area contributed by atoms with Crippen LogP contribution in [0.5, 0.6) is 0 Å². The van der Waals surface area contributed by atoms with Crippen LogP contribution in [0.4, 0.5) is 0 Å². The Morgan fingerprint density at radius 2 is 2.06 bits per heavy atom. The minimum Gasteiger partial charge on any atom is -0.392 e. The second kappa shape index (κ2) is 5.83. The number of thiophene rings is 1. The first-order chi connectivity index (χ1) is 8.63. The largest absolute Gasteiger partial charge is 0.392 e. The molecule has 0 fully saturated rings. The van der Waals surface area contributed by atoms with Crippen molar-refractivity contribution in [1.29, 1.82) is 0 Å². The fraction of sp³-hybridized carbons (Fsp3) is 0.467. The van der Waals surface area contributed by atoms with E-state index in [0.29, 0.717) is 12.6 Å².